The summed E-state index contributed by atoms with van der Waals surface area (Å²) < 4.78 is 0. The van der Waals surface area contributed by atoms with Gasteiger partial charge in [-0.1, -0.05) is 23.7 Å². The molecule has 0 saturated heterocycles. The van der Waals surface area contributed by atoms with Crippen LogP contribution in [-0.4, -0.2) is 20.4 Å². The summed E-state index contributed by atoms with van der Waals surface area (Å²) >= 11 is 5.38. The molecule has 2 rings (SSSR count). The Hall–Kier alpha value is -2.07. The zero-order chi connectivity index (χ0) is 12.8. The van der Waals surface area contributed by atoms with Crippen LogP contribution < -0.4 is 0 Å². The minimum absolute atomic E-state index is 0.00231. The molecular weight excluding hydrogens is 244 g/mol. The van der Waals surface area contributed by atoms with Crippen LogP contribution in [-0.2, 0) is 0 Å². The van der Waals surface area contributed by atoms with Gasteiger partial charge in [0.05, 0.1) is 0 Å². The fourth-order valence-corrected chi connectivity index (χ4v) is 1.13. The second kappa shape index (κ2) is 5.86. The van der Waals surface area contributed by atoms with Crippen molar-refractivity contribution in [1.82, 2.24) is 0 Å². The SMILES string of the molecule is Oc1cccc(O)c1.Oc1cccc(O)c1Cl. The molecule has 0 aliphatic carbocycles. The molecule has 2 aromatic carbocycles. The monoisotopic (exact) mass is 254 g/mol. The average molecular weight is 255 g/mol. The quantitative estimate of drug-likeness (QED) is 0.583. The van der Waals surface area contributed by atoms with Gasteiger partial charge in [-0.3, -0.25) is 0 Å². The summed E-state index contributed by atoms with van der Waals surface area (Å²) in [7, 11) is 0. The van der Waals surface area contributed by atoms with Gasteiger partial charge in [-0.2, -0.15) is 0 Å². The largest absolute Gasteiger partial charge is 0.508 e. The molecule has 0 aliphatic rings. The van der Waals surface area contributed by atoms with E-state index in [2.05, 4.69) is 0 Å². The highest BCUT2D eigenvalue weighted by molar-refractivity contribution is 6.33. The fraction of sp³-hybridized carbons (Fsp3) is 0. The van der Waals surface area contributed by atoms with E-state index in [1.54, 1.807) is 6.07 Å². The third-order valence-electron chi connectivity index (χ3n) is 1.79. The van der Waals surface area contributed by atoms with Gasteiger partial charge >= 0.3 is 0 Å². The Morgan fingerprint density at radius 1 is 0.706 bits per heavy atom. The molecule has 0 fully saturated rings. The van der Waals surface area contributed by atoms with Gasteiger partial charge in [-0.15, -0.1) is 0 Å². The van der Waals surface area contributed by atoms with Crippen LogP contribution in [0.4, 0.5) is 0 Å². The average Bonchev–Trinajstić information content (AvgIpc) is 2.26. The van der Waals surface area contributed by atoms with Crippen molar-refractivity contribution < 1.29 is 20.4 Å². The lowest BCUT2D eigenvalue weighted by Crippen LogP contribution is -1.67. The van der Waals surface area contributed by atoms with Crippen molar-refractivity contribution in [2.45, 2.75) is 0 Å². The van der Waals surface area contributed by atoms with Gasteiger partial charge < -0.3 is 20.4 Å². The third-order valence-corrected chi connectivity index (χ3v) is 2.17. The van der Waals surface area contributed by atoms with Gasteiger partial charge in [0, 0.05) is 6.07 Å². The van der Waals surface area contributed by atoms with Gasteiger partial charge in [0.25, 0.3) is 0 Å². The highest BCUT2D eigenvalue weighted by Crippen LogP contribution is 2.30. The molecule has 5 heteroatoms. The summed E-state index contributed by atoms with van der Waals surface area (Å²) in [5.74, 6) is -0.0247. The number of benzene rings is 2. The molecule has 4 N–H and O–H groups in total. The standard InChI is InChI=1S/C6H5ClO2.C6H6O2/c7-6-4(8)2-1-3-5(6)9;7-5-2-1-3-6(8)4-5/h1-3,8-9H;1-4,7-8H. The highest BCUT2D eigenvalue weighted by atomic mass is 35.5. The van der Waals surface area contributed by atoms with E-state index in [0.717, 1.165) is 0 Å². The summed E-state index contributed by atoms with van der Waals surface area (Å²) in [6.07, 6.45) is 0. The number of hydrogen-bond acceptors (Lipinski definition) is 4. The number of hydrogen-bond donors (Lipinski definition) is 4. The van der Waals surface area contributed by atoms with Gasteiger partial charge in [-0.05, 0) is 24.3 Å². The number of aromatic hydroxyl groups is 4. The fourth-order valence-electron chi connectivity index (χ4n) is 1.00. The topological polar surface area (TPSA) is 80.9 Å². The molecule has 0 aromatic heterocycles. The van der Waals surface area contributed by atoms with Gasteiger partial charge in [0.15, 0.2) is 0 Å². The van der Waals surface area contributed by atoms with Crippen LogP contribution in [0.2, 0.25) is 5.02 Å². The summed E-state index contributed by atoms with van der Waals surface area (Å²) in [5.41, 5.74) is 0. The molecule has 0 atom stereocenters. The van der Waals surface area contributed by atoms with Crippen LogP contribution in [0.25, 0.3) is 0 Å². The molecule has 0 bridgehead atoms. The lowest BCUT2D eigenvalue weighted by Gasteiger charge is -1.95. The van der Waals surface area contributed by atoms with Crippen LogP contribution in [0, 0.1) is 0 Å². The molecule has 2 aromatic rings. The van der Waals surface area contributed by atoms with Crippen molar-refractivity contribution in [3.8, 4) is 23.0 Å². The molecule has 0 amide bonds. The van der Waals surface area contributed by atoms with E-state index in [-0.39, 0.29) is 28.0 Å². The molecule has 0 saturated carbocycles. The number of phenols is 4. The van der Waals surface area contributed by atoms with Crippen molar-refractivity contribution in [2.75, 3.05) is 0 Å². The van der Waals surface area contributed by atoms with E-state index in [1.165, 1.54) is 36.4 Å². The maximum Gasteiger partial charge on any atom is 0.137 e. The molecular formula is C12H11ClO4. The lowest BCUT2D eigenvalue weighted by molar-refractivity contribution is 0.449. The smallest absolute Gasteiger partial charge is 0.137 e. The predicted octanol–water partition coefficient (Wildman–Crippen LogP) is 2.85. The van der Waals surface area contributed by atoms with Crippen LogP contribution in [0.1, 0.15) is 0 Å². The zero-order valence-corrected chi connectivity index (χ0v) is 9.46. The van der Waals surface area contributed by atoms with E-state index >= 15 is 0 Å². The van der Waals surface area contributed by atoms with E-state index < -0.39 is 0 Å². The molecule has 0 radical (unpaired) electrons. The Balaban J connectivity index is 0.000000171. The van der Waals surface area contributed by atoms with Crippen LogP contribution in [0.3, 0.4) is 0 Å². The van der Waals surface area contributed by atoms with E-state index in [4.69, 9.17) is 32.0 Å². The first-order chi connectivity index (χ1) is 8.00. The maximum absolute atomic E-state index is 8.81. The van der Waals surface area contributed by atoms with E-state index in [1.807, 2.05) is 0 Å². The van der Waals surface area contributed by atoms with Crippen LogP contribution in [0.15, 0.2) is 42.5 Å². The second-order valence-corrected chi connectivity index (χ2v) is 3.51. The molecule has 90 valence electrons. The molecule has 17 heavy (non-hydrogen) atoms. The minimum atomic E-state index is -0.100. The van der Waals surface area contributed by atoms with Crippen LogP contribution >= 0.6 is 11.6 Å². The first-order valence-corrected chi connectivity index (χ1v) is 5.03. The molecule has 4 nitrogen and oxygen atoms in total. The zero-order valence-electron chi connectivity index (χ0n) is 8.71. The van der Waals surface area contributed by atoms with Crippen LogP contribution in [0.5, 0.6) is 23.0 Å². The maximum atomic E-state index is 8.81. The van der Waals surface area contributed by atoms with E-state index in [0.29, 0.717) is 0 Å². The van der Waals surface area contributed by atoms with Crippen molar-refractivity contribution in [2.24, 2.45) is 0 Å². The van der Waals surface area contributed by atoms with Crippen molar-refractivity contribution in [3.63, 3.8) is 0 Å². The number of rotatable bonds is 0. The Morgan fingerprint density at radius 3 is 1.41 bits per heavy atom. The van der Waals surface area contributed by atoms with Gasteiger partial charge in [-0.25, -0.2) is 0 Å². The number of halogens is 1. The van der Waals surface area contributed by atoms with Gasteiger partial charge in [0.1, 0.15) is 28.0 Å². The summed E-state index contributed by atoms with van der Waals surface area (Å²) in [6.45, 7) is 0. The van der Waals surface area contributed by atoms with Crippen molar-refractivity contribution in [3.05, 3.63) is 47.5 Å². The molecule has 0 unspecified atom stereocenters. The van der Waals surface area contributed by atoms with Gasteiger partial charge in [0.2, 0.25) is 0 Å². The van der Waals surface area contributed by atoms with Crippen molar-refractivity contribution >= 4 is 11.6 Å². The molecule has 0 heterocycles. The summed E-state index contributed by atoms with van der Waals surface area (Å²) in [4.78, 5) is 0. The minimum Gasteiger partial charge on any atom is -0.508 e. The van der Waals surface area contributed by atoms with E-state index in [9.17, 15) is 0 Å². The Bertz CT molecular complexity index is 462. The first-order valence-electron chi connectivity index (χ1n) is 4.65. The Morgan fingerprint density at radius 2 is 1.12 bits per heavy atom. The Kier molecular flexibility index (Phi) is 4.48. The predicted molar refractivity (Wildman–Crippen MR) is 64.6 cm³/mol. The molecule has 0 spiro atoms. The summed E-state index contributed by atoms with van der Waals surface area (Å²) in [5, 5.41) is 34.9. The Labute approximate surface area is 103 Å². The second-order valence-electron chi connectivity index (χ2n) is 3.13. The highest BCUT2D eigenvalue weighted by Gasteiger charge is 2.00. The first kappa shape index (κ1) is 13.0. The summed E-state index contributed by atoms with van der Waals surface area (Å²) in [6, 6.07) is 10.2. The van der Waals surface area contributed by atoms with Crippen molar-refractivity contribution in [1.29, 1.82) is 0 Å². The normalized spacial score (nSPS) is 9.24. The number of phenolic OH excluding ortho intramolecular Hbond substituents is 4. The molecule has 0 aliphatic heterocycles. The lowest BCUT2D eigenvalue weighted by atomic mass is 10.3. The third kappa shape index (κ3) is 4.12.